The van der Waals surface area contributed by atoms with Gasteiger partial charge in [0.15, 0.2) is 5.82 Å². The first kappa shape index (κ1) is 12.3. The van der Waals surface area contributed by atoms with Gasteiger partial charge >= 0.3 is 0 Å². The molecule has 2 unspecified atom stereocenters. The van der Waals surface area contributed by atoms with Gasteiger partial charge in [-0.3, -0.25) is 4.90 Å². The number of piperazine rings is 1. The zero-order chi connectivity index (χ0) is 12.4. The molecule has 1 aromatic rings. The molecule has 1 aromatic heterocycles. The van der Waals surface area contributed by atoms with Crippen LogP contribution in [-0.2, 0) is 6.54 Å². The molecule has 0 radical (unpaired) electrons. The highest BCUT2D eigenvalue weighted by Gasteiger charge is 2.28. The van der Waals surface area contributed by atoms with Crippen LogP contribution in [0.5, 0.6) is 0 Å². The van der Waals surface area contributed by atoms with Gasteiger partial charge in [0, 0.05) is 37.3 Å². The van der Waals surface area contributed by atoms with Gasteiger partial charge in [0.1, 0.15) is 0 Å². The molecule has 2 heterocycles. The van der Waals surface area contributed by atoms with Crippen LogP contribution in [0.3, 0.4) is 0 Å². The summed E-state index contributed by atoms with van der Waals surface area (Å²) in [5.41, 5.74) is 6.82. The SMILES string of the molecule is CC1CN(c2nnccc2CN)CC(C)N1C. The van der Waals surface area contributed by atoms with Gasteiger partial charge in [-0.15, -0.1) is 5.10 Å². The molecule has 0 bridgehead atoms. The Kier molecular flexibility index (Phi) is 3.59. The van der Waals surface area contributed by atoms with Crippen molar-refractivity contribution in [2.24, 2.45) is 5.73 Å². The maximum atomic E-state index is 5.75. The van der Waals surface area contributed by atoms with E-state index >= 15 is 0 Å². The van der Waals surface area contributed by atoms with Gasteiger partial charge in [-0.05, 0) is 27.0 Å². The van der Waals surface area contributed by atoms with E-state index in [0.717, 1.165) is 24.5 Å². The van der Waals surface area contributed by atoms with Crippen LogP contribution in [-0.4, -0.2) is 47.3 Å². The predicted molar refractivity (Wildman–Crippen MR) is 68.8 cm³/mol. The van der Waals surface area contributed by atoms with E-state index in [9.17, 15) is 0 Å². The quantitative estimate of drug-likeness (QED) is 0.807. The molecule has 0 saturated carbocycles. The lowest BCUT2D eigenvalue weighted by Crippen LogP contribution is -2.55. The van der Waals surface area contributed by atoms with Gasteiger partial charge in [-0.25, -0.2) is 0 Å². The summed E-state index contributed by atoms with van der Waals surface area (Å²) in [6.07, 6.45) is 1.70. The van der Waals surface area contributed by atoms with E-state index in [0.29, 0.717) is 18.6 Å². The van der Waals surface area contributed by atoms with Gasteiger partial charge in [0.05, 0.1) is 6.20 Å². The van der Waals surface area contributed by atoms with Crippen molar-refractivity contribution < 1.29 is 0 Å². The third kappa shape index (κ3) is 2.40. The van der Waals surface area contributed by atoms with Crippen LogP contribution in [0.25, 0.3) is 0 Å². The van der Waals surface area contributed by atoms with Crippen LogP contribution < -0.4 is 10.6 Å². The molecule has 17 heavy (non-hydrogen) atoms. The minimum Gasteiger partial charge on any atom is -0.352 e. The van der Waals surface area contributed by atoms with Crippen molar-refractivity contribution in [3.05, 3.63) is 17.8 Å². The lowest BCUT2D eigenvalue weighted by Gasteiger charge is -2.43. The summed E-state index contributed by atoms with van der Waals surface area (Å²) in [5, 5.41) is 8.22. The zero-order valence-corrected chi connectivity index (χ0v) is 10.8. The Morgan fingerprint density at radius 2 is 2.00 bits per heavy atom. The molecule has 2 N–H and O–H groups in total. The molecule has 94 valence electrons. The topological polar surface area (TPSA) is 58.3 Å². The number of hydrogen-bond donors (Lipinski definition) is 1. The highest BCUT2D eigenvalue weighted by atomic mass is 15.3. The van der Waals surface area contributed by atoms with Crippen LogP contribution in [0.1, 0.15) is 19.4 Å². The Hall–Kier alpha value is -1.20. The Bertz CT molecular complexity index is 369. The second-order valence-electron chi connectivity index (χ2n) is 4.85. The van der Waals surface area contributed by atoms with Crippen LogP contribution in [0, 0.1) is 0 Å². The highest BCUT2D eigenvalue weighted by Crippen LogP contribution is 2.21. The van der Waals surface area contributed by atoms with Gasteiger partial charge < -0.3 is 10.6 Å². The molecule has 0 aromatic carbocycles. The number of rotatable bonds is 2. The lowest BCUT2D eigenvalue weighted by atomic mass is 10.1. The molecule has 5 heteroatoms. The number of nitrogens with zero attached hydrogens (tertiary/aromatic N) is 4. The third-order valence-electron chi connectivity index (χ3n) is 3.66. The first-order chi connectivity index (χ1) is 8.13. The lowest BCUT2D eigenvalue weighted by molar-refractivity contribution is 0.169. The van der Waals surface area contributed by atoms with E-state index in [-0.39, 0.29) is 0 Å². The van der Waals surface area contributed by atoms with E-state index in [1.54, 1.807) is 6.20 Å². The maximum absolute atomic E-state index is 5.75. The maximum Gasteiger partial charge on any atom is 0.155 e. The van der Waals surface area contributed by atoms with Crippen LogP contribution >= 0.6 is 0 Å². The summed E-state index contributed by atoms with van der Waals surface area (Å²) in [6, 6.07) is 2.99. The van der Waals surface area contributed by atoms with Crippen molar-refractivity contribution in [2.75, 3.05) is 25.0 Å². The highest BCUT2D eigenvalue weighted by molar-refractivity contribution is 5.46. The number of anilines is 1. The van der Waals surface area contributed by atoms with Crippen LogP contribution in [0.2, 0.25) is 0 Å². The van der Waals surface area contributed by atoms with Gasteiger partial charge in [-0.1, -0.05) is 0 Å². The summed E-state index contributed by atoms with van der Waals surface area (Å²) in [4.78, 5) is 4.69. The summed E-state index contributed by atoms with van der Waals surface area (Å²) in [5.74, 6) is 0.946. The number of likely N-dealkylation sites (N-methyl/N-ethyl adjacent to an activating group) is 1. The first-order valence-corrected chi connectivity index (χ1v) is 6.11. The molecular weight excluding hydrogens is 214 g/mol. The molecule has 0 spiro atoms. The van der Waals surface area contributed by atoms with Crippen molar-refractivity contribution in [2.45, 2.75) is 32.5 Å². The summed E-state index contributed by atoms with van der Waals surface area (Å²) in [6.45, 7) is 6.95. The minimum absolute atomic E-state index is 0.514. The Morgan fingerprint density at radius 3 is 2.59 bits per heavy atom. The van der Waals surface area contributed by atoms with Gasteiger partial charge in [0.2, 0.25) is 0 Å². The van der Waals surface area contributed by atoms with E-state index in [2.05, 4.69) is 40.9 Å². The molecular formula is C12H21N5. The summed E-state index contributed by atoms with van der Waals surface area (Å²) >= 11 is 0. The van der Waals surface area contributed by atoms with E-state index < -0.39 is 0 Å². The molecule has 2 rings (SSSR count). The van der Waals surface area contributed by atoms with Crippen molar-refractivity contribution >= 4 is 5.82 Å². The normalized spacial score (nSPS) is 26.2. The fourth-order valence-electron chi connectivity index (χ4n) is 2.35. The fourth-order valence-corrected chi connectivity index (χ4v) is 2.35. The number of aromatic nitrogens is 2. The van der Waals surface area contributed by atoms with E-state index in [1.807, 2.05) is 6.07 Å². The standard InChI is InChI=1S/C12H21N5/c1-9-7-17(8-10(2)16(9)3)12-11(6-13)4-5-14-15-12/h4-5,9-10H,6-8,13H2,1-3H3. The molecule has 2 atom stereocenters. The largest absolute Gasteiger partial charge is 0.352 e. The van der Waals surface area contributed by atoms with Crippen molar-refractivity contribution in [1.29, 1.82) is 0 Å². The molecule has 0 amide bonds. The van der Waals surface area contributed by atoms with Gasteiger partial charge in [-0.2, -0.15) is 5.10 Å². The Labute approximate surface area is 103 Å². The second kappa shape index (κ2) is 4.98. The van der Waals surface area contributed by atoms with Crippen molar-refractivity contribution in [3.8, 4) is 0 Å². The van der Waals surface area contributed by atoms with Crippen LogP contribution in [0.15, 0.2) is 12.3 Å². The molecule has 5 nitrogen and oxygen atoms in total. The Balaban J connectivity index is 2.22. The second-order valence-corrected chi connectivity index (χ2v) is 4.85. The summed E-state index contributed by atoms with van der Waals surface area (Å²) in [7, 11) is 2.17. The van der Waals surface area contributed by atoms with Crippen molar-refractivity contribution in [1.82, 2.24) is 15.1 Å². The Morgan fingerprint density at radius 1 is 1.35 bits per heavy atom. The molecule has 1 aliphatic rings. The number of hydrogen-bond acceptors (Lipinski definition) is 5. The molecule has 1 saturated heterocycles. The molecule has 0 aliphatic carbocycles. The first-order valence-electron chi connectivity index (χ1n) is 6.11. The zero-order valence-electron chi connectivity index (χ0n) is 10.8. The van der Waals surface area contributed by atoms with E-state index in [4.69, 9.17) is 5.73 Å². The van der Waals surface area contributed by atoms with Crippen LogP contribution in [0.4, 0.5) is 5.82 Å². The smallest absolute Gasteiger partial charge is 0.155 e. The summed E-state index contributed by atoms with van der Waals surface area (Å²) < 4.78 is 0. The molecule has 1 fully saturated rings. The predicted octanol–water partition coefficient (Wildman–Crippen LogP) is 0.464. The third-order valence-corrected chi connectivity index (χ3v) is 3.66. The van der Waals surface area contributed by atoms with Gasteiger partial charge in [0.25, 0.3) is 0 Å². The van der Waals surface area contributed by atoms with E-state index in [1.165, 1.54) is 0 Å². The molecule has 1 aliphatic heterocycles. The monoisotopic (exact) mass is 235 g/mol. The minimum atomic E-state index is 0.514. The fraction of sp³-hybridized carbons (Fsp3) is 0.667. The number of nitrogens with two attached hydrogens (primary N) is 1. The van der Waals surface area contributed by atoms with Crippen molar-refractivity contribution in [3.63, 3.8) is 0 Å². The average Bonchev–Trinajstić information content (AvgIpc) is 2.35. The average molecular weight is 235 g/mol.